The minimum absolute atomic E-state index is 0.314. The number of H-pyrrole nitrogens is 1. The zero-order valence-electron chi connectivity index (χ0n) is 15.5. The molecule has 1 aromatic carbocycles. The monoisotopic (exact) mass is 329 g/mol. The predicted molar refractivity (Wildman–Crippen MR) is 99.6 cm³/mol. The summed E-state index contributed by atoms with van der Waals surface area (Å²) in [6.45, 7) is 10.1. The van der Waals surface area contributed by atoms with Gasteiger partial charge in [-0.3, -0.25) is 5.10 Å². The van der Waals surface area contributed by atoms with Gasteiger partial charge in [-0.05, 0) is 63.1 Å². The SMILES string of the molecule is Cc1c(O[C@@H]2CCC[C@H](NCCC(C)(C)C)C2)ccc2[nH]ncc12. The van der Waals surface area contributed by atoms with Crippen LogP contribution < -0.4 is 10.1 Å². The molecule has 132 valence electrons. The number of fused-ring (bicyclic) bond motifs is 1. The van der Waals surface area contributed by atoms with Crippen LogP contribution in [0.25, 0.3) is 10.9 Å². The number of aryl methyl sites for hydroxylation is 1. The molecule has 24 heavy (non-hydrogen) atoms. The Hall–Kier alpha value is -1.55. The minimum atomic E-state index is 0.314. The maximum absolute atomic E-state index is 6.36. The van der Waals surface area contributed by atoms with Gasteiger partial charge in [-0.1, -0.05) is 20.8 Å². The van der Waals surface area contributed by atoms with Gasteiger partial charge >= 0.3 is 0 Å². The van der Waals surface area contributed by atoms with Crippen molar-refractivity contribution >= 4 is 10.9 Å². The van der Waals surface area contributed by atoms with Crippen molar-refractivity contribution in [1.82, 2.24) is 15.5 Å². The highest BCUT2D eigenvalue weighted by Crippen LogP contribution is 2.30. The summed E-state index contributed by atoms with van der Waals surface area (Å²) in [4.78, 5) is 0. The Labute approximate surface area is 145 Å². The van der Waals surface area contributed by atoms with Crippen molar-refractivity contribution in [2.24, 2.45) is 5.41 Å². The molecule has 1 heterocycles. The molecule has 2 N–H and O–H groups in total. The molecular weight excluding hydrogens is 298 g/mol. The highest BCUT2D eigenvalue weighted by atomic mass is 16.5. The van der Waals surface area contributed by atoms with E-state index in [0.29, 0.717) is 17.6 Å². The van der Waals surface area contributed by atoms with Crippen molar-refractivity contribution in [3.8, 4) is 5.75 Å². The molecule has 0 aliphatic heterocycles. The second-order valence-electron chi connectivity index (χ2n) is 8.39. The lowest BCUT2D eigenvalue weighted by Gasteiger charge is -2.31. The minimum Gasteiger partial charge on any atom is -0.490 e. The molecule has 1 aromatic heterocycles. The topological polar surface area (TPSA) is 49.9 Å². The van der Waals surface area contributed by atoms with Crippen molar-refractivity contribution in [1.29, 1.82) is 0 Å². The lowest BCUT2D eigenvalue weighted by atomic mass is 9.90. The van der Waals surface area contributed by atoms with E-state index in [0.717, 1.165) is 36.0 Å². The Morgan fingerprint density at radius 3 is 2.92 bits per heavy atom. The molecular formula is C20H31N3O. The first-order valence-corrected chi connectivity index (χ1v) is 9.25. The summed E-state index contributed by atoms with van der Waals surface area (Å²) in [5.41, 5.74) is 2.66. The second-order valence-corrected chi connectivity index (χ2v) is 8.39. The number of aromatic nitrogens is 2. The van der Waals surface area contributed by atoms with E-state index in [4.69, 9.17) is 4.74 Å². The molecule has 0 unspecified atom stereocenters. The fourth-order valence-corrected chi connectivity index (χ4v) is 3.53. The summed E-state index contributed by atoms with van der Waals surface area (Å²) in [5.74, 6) is 1.00. The maximum atomic E-state index is 6.36. The zero-order valence-corrected chi connectivity index (χ0v) is 15.5. The molecule has 1 aliphatic carbocycles. The zero-order chi connectivity index (χ0) is 17.2. The summed E-state index contributed by atoms with van der Waals surface area (Å²) < 4.78 is 6.36. The van der Waals surface area contributed by atoms with Crippen LogP contribution in [0.3, 0.4) is 0 Å². The van der Waals surface area contributed by atoms with Crippen LogP contribution >= 0.6 is 0 Å². The van der Waals surface area contributed by atoms with Gasteiger partial charge < -0.3 is 10.1 Å². The largest absolute Gasteiger partial charge is 0.490 e. The van der Waals surface area contributed by atoms with Crippen LogP contribution in [-0.4, -0.2) is 28.9 Å². The van der Waals surface area contributed by atoms with Gasteiger partial charge in [0.2, 0.25) is 0 Å². The number of nitrogens with zero attached hydrogens (tertiary/aromatic N) is 1. The Kier molecular flexibility index (Phi) is 5.14. The number of hydrogen-bond acceptors (Lipinski definition) is 3. The second kappa shape index (κ2) is 7.14. The highest BCUT2D eigenvalue weighted by Gasteiger charge is 2.24. The first-order chi connectivity index (χ1) is 11.4. The van der Waals surface area contributed by atoms with Crippen LogP contribution in [0.1, 0.15) is 58.4 Å². The van der Waals surface area contributed by atoms with E-state index in [-0.39, 0.29) is 0 Å². The molecule has 1 fully saturated rings. The van der Waals surface area contributed by atoms with Crippen molar-refractivity contribution < 1.29 is 4.74 Å². The van der Waals surface area contributed by atoms with Gasteiger partial charge in [-0.25, -0.2) is 0 Å². The molecule has 0 amide bonds. The molecule has 0 spiro atoms. The van der Waals surface area contributed by atoms with Gasteiger partial charge in [0.1, 0.15) is 11.9 Å². The van der Waals surface area contributed by atoms with E-state index in [1.54, 1.807) is 0 Å². The van der Waals surface area contributed by atoms with Gasteiger partial charge in [0.15, 0.2) is 0 Å². The van der Waals surface area contributed by atoms with Crippen molar-refractivity contribution in [3.63, 3.8) is 0 Å². The Morgan fingerprint density at radius 2 is 2.12 bits per heavy atom. The van der Waals surface area contributed by atoms with Gasteiger partial charge in [-0.15, -0.1) is 0 Å². The van der Waals surface area contributed by atoms with Crippen LogP contribution in [0.15, 0.2) is 18.3 Å². The summed E-state index contributed by atoms with van der Waals surface area (Å²) >= 11 is 0. The van der Waals surface area contributed by atoms with E-state index < -0.39 is 0 Å². The van der Waals surface area contributed by atoms with Crippen LogP contribution in [0.2, 0.25) is 0 Å². The van der Waals surface area contributed by atoms with Crippen LogP contribution in [0, 0.1) is 12.3 Å². The van der Waals surface area contributed by atoms with E-state index in [1.807, 2.05) is 6.20 Å². The van der Waals surface area contributed by atoms with Gasteiger partial charge in [0, 0.05) is 17.0 Å². The maximum Gasteiger partial charge on any atom is 0.123 e. The van der Waals surface area contributed by atoms with E-state index >= 15 is 0 Å². The lowest BCUT2D eigenvalue weighted by Crippen LogP contribution is -2.39. The van der Waals surface area contributed by atoms with Gasteiger partial charge in [0.05, 0.1) is 11.7 Å². The third kappa shape index (κ3) is 4.29. The standard InChI is InChI=1S/C20H31N3O/c1-14-17-13-22-23-18(17)8-9-19(14)24-16-7-5-6-15(12-16)21-11-10-20(2,3)4/h8-9,13,15-16,21H,5-7,10-12H2,1-4H3,(H,22,23)/t15-,16+/m0/s1. The normalized spacial score (nSPS) is 22.0. The first-order valence-electron chi connectivity index (χ1n) is 9.25. The molecule has 0 saturated heterocycles. The van der Waals surface area contributed by atoms with Crippen LogP contribution in [0.5, 0.6) is 5.75 Å². The van der Waals surface area contributed by atoms with E-state index in [9.17, 15) is 0 Å². The Bertz CT molecular complexity index is 671. The smallest absolute Gasteiger partial charge is 0.123 e. The fourth-order valence-electron chi connectivity index (χ4n) is 3.53. The Balaban J connectivity index is 1.57. The number of ether oxygens (including phenoxy) is 1. The van der Waals surface area contributed by atoms with Crippen LogP contribution in [-0.2, 0) is 0 Å². The summed E-state index contributed by atoms with van der Waals surface area (Å²) in [5, 5.41) is 12.0. The van der Waals surface area contributed by atoms with Crippen LogP contribution in [0.4, 0.5) is 0 Å². The molecule has 4 nitrogen and oxygen atoms in total. The molecule has 2 atom stereocenters. The average Bonchev–Trinajstić information content (AvgIpc) is 2.99. The lowest BCUT2D eigenvalue weighted by molar-refractivity contribution is 0.133. The number of hydrogen-bond donors (Lipinski definition) is 2. The quantitative estimate of drug-likeness (QED) is 0.843. The third-order valence-electron chi connectivity index (χ3n) is 5.07. The van der Waals surface area contributed by atoms with Gasteiger partial charge in [0.25, 0.3) is 0 Å². The molecule has 0 radical (unpaired) electrons. The highest BCUT2D eigenvalue weighted by molar-refractivity contribution is 5.83. The molecule has 2 aromatic rings. The van der Waals surface area contributed by atoms with Crippen molar-refractivity contribution in [2.45, 2.75) is 71.9 Å². The Morgan fingerprint density at radius 1 is 1.29 bits per heavy atom. The number of aromatic amines is 1. The molecule has 1 aliphatic rings. The fraction of sp³-hybridized carbons (Fsp3) is 0.650. The average molecular weight is 329 g/mol. The van der Waals surface area contributed by atoms with E-state index in [2.05, 4.69) is 55.3 Å². The molecule has 4 heteroatoms. The van der Waals surface area contributed by atoms with Crippen molar-refractivity contribution in [2.75, 3.05) is 6.54 Å². The van der Waals surface area contributed by atoms with Gasteiger partial charge in [-0.2, -0.15) is 5.10 Å². The molecule has 3 rings (SSSR count). The van der Waals surface area contributed by atoms with E-state index in [1.165, 1.54) is 24.8 Å². The third-order valence-corrected chi connectivity index (χ3v) is 5.07. The molecule has 0 bridgehead atoms. The number of nitrogens with one attached hydrogen (secondary N) is 2. The van der Waals surface area contributed by atoms with Crippen molar-refractivity contribution in [3.05, 3.63) is 23.9 Å². The number of benzene rings is 1. The first kappa shape index (κ1) is 17.3. The summed E-state index contributed by atoms with van der Waals surface area (Å²) in [7, 11) is 0. The number of rotatable bonds is 5. The summed E-state index contributed by atoms with van der Waals surface area (Å²) in [6.07, 6.45) is 8.18. The summed E-state index contributed by atoms with van der Waals surface area (Å²) in [6, 6.07) is 4.73. The predicted octanol–water partition coefficient (Wildman–Crippen LogP) is 4.59. The molecule has 1 saturated carbocycles.